The van der Waals surface area contributed by atoms with Gasteiger partial charge >= 0.3 is 12.3 Å². The second-order valence-electron chi connectivity index (χ2n) is 5.49. The fraction of sp³-hybridized carbons (Fsp3) is 0.278. The molecule has 0 aliphatic carbocycles. The quantitative estimate of drug-likeness (QED) is 0.799. The van der Waals surface area contributed by atoms with Crippen molar-refractivity contribution in [3.8, 4) is 5.75 Å². The fourth-order valence-corrected chi connectivity index (χ4v) is 2.71. The van der Waals surface area contributed by atoms with Gasteiger partial charge in [-0.25, -0.2) is 4.79 Å². The highest BCUT2D eigenvalue weighted by molar-refractivity contribution is 5.74. The molecule has 0 fully saturated rings. The second-order valence-corrected chi connectivity index (χ2v) is 5.49. The topological polar surface area (TPSA) is 44.8 Å². The predicted molar refractivity (Wildman–Crippen MR) is 81.6 cm³/mol. The molecule has 0 unspecified atom stereocenters. The molecule has 0 spiro atoms. The first-order chi connectivity index (χ1) is 10.5. The van der Waals surface area contributed by atoms with E-state index in [0.29, 0.717) is 5.75 Å². The van der Waals surface area contributed by atoms with E-state index in [2.05, 4.69) is 0 Å². The summed E-state index contributed by atoms with van der Waals surface area (Å²) in [6.45, 7) is 3.96. The number of fused-ring (bicyclic) bond motifs is 1. The van der Waals surface area contributed by atoms with Crippen LogP contribution in [0, 0.1) is 6.92 Å². The Morgan fingerprint density at radius 3 is 2.59 bits per heavy atom. The summed E-state index contributed by atoms with van der Waals surface area (Å²) in [6.07, 6.45) is -1.08. The molecule has 4 nitrogen and oxygen atoms in total. The molecule has 1 aliphatic heterocycles. The van der Waals surface area contributed by atoms with Crippen LogP contribution >= 0.6 is 0 Å². The first-order valence-electron chi connectivity index (χ1n) is 7.13. The summed E-state index contributed by atoms with van der Waals surface area (Å²) in [5, 5.41) is 0. The molecule has 2 atom stereocenters. The number of methoxy groups -OCH3 is 1. The minimum Gasteiger partial charge on any atom is -0.464 e. The number of carbonyl (C=O) groups excluding carboxylic acids is 1. The SMILES string of the molecule is COC(=O)[C@H]1Oc2ccc(C)cc2[C@](C)(c2ccccc2)O1. The third-order valence-corrected chi connectivity index (χ3v) is 3.94. The zero-order valence-corrected chi connectivity index (χ0v) is 12.8. The van der Waals surface area contributed by atoms with Gasteiger partial charge in [-0.15, -0.1) is 0 Å². The number of carbonyl (C=O) groups is 1. The highest BCUT2D eigenvalue weighted by atomic mass is 16.7. The van der Waals surface area contributed by atoms with Crippen molar-refractivity contribution in [2.45, 2.75) is 25.7 Å². The fourth-order valence-electron chi connectivity index (χ4n) is 2.71. The molecule has 2 aromatic carbocycles. The number of hydrogen-bond donors (Lipinski definition) is 0. The number of esters is 1. The van der Waals surface area contributed by atoms with Crippen molar-refractivity contribution in [3.05, 3.63) is 65.2 Å². The zero-order valence-electron chi connectivity index (χ0n) is 12.8. The van der Waals surface area contributed by atoms with E-state index in [1.54, 1.807) is 0 Å². The van der Waals surface area contributed by atoms with Crippen molar-refractivity contribution in [3.63, 3.8) is 0 Å². The van der Waals surface area contributed by atoms with Crippen molar-refractivity contribution >= 4 is 5.97 Å². The number of rotatable bonds is 2. The molecule has 114 valence electrons. The number of aryl methyl sites for hydroxylation is 1. The third kappa shape index (κ3) is 2.35. The average Bonchev–Trinajstić information content (AvgIpc) is 2.55. The van der Waals surface area contributed by atoms with Crippen LogP contribution in [0.4, 0.5) is 0 Å². The van der Waals surface area contributed by atoms with Crippen LogP contribution in [0.1, 0.15) is 23.6 Å². The highest BCUT2D eigenvalue weighted by Crippen LogP contribution is 2.43. The van der Waals surface area contributed by atoms with E-state index < -0.39 is 17.9 Å². The lowest BCUT2D eigenvalue weighted by Crippen LogP contribution is -2.44. The molecular weight excluding hydrogens is 280 g/mol. The molecule has 0 amide bonds. The Hall–Kier alpha value is -2.33. The summed E-state index contributed by atoms with van der Waals surface area (Å²) >= 11 is 0. The van der Waals surface area contributed by atoms with Crippen LogP contribution in [0.5, 0.6) is 5.75 Å². The van der Waals surface area contributed by atoms with Gasteiger partial charge < -0.3 is 14.2 Å². The molecule has 0 aromatic heterocycles. The van der Waals surface area contributed by atoms with Gasteiger partial charge in [-0.1, -0.05) is 42.0 Å². The van der Waals surface area contributed by atoms with Gasteiger partial charge in [0, 0.05) is 5.56 Å². The summed E-state index contributed by atoms with van der Waals surface area (Å²) in [4.78, 5) is 11.9. The summed E-state index contributed by atoms with van der Waals surface area (Å²) in [5.74, 6) is 0.0898. The Labute approximate surface area is 129 Å². The van der Waals surface area contributed by atoms with Crippen LogP contribution in [-0.4, -0.2) is 19.4 Å². The molecule has 0 N–H and O–H groups in total. The average molecular weight is 298 g/mol. The Bertz CT molecular complexity index is 695. The largest absolute Gasteiger partial charge is 0.464 e. The van der Waals surface area contributed by atoms with Gasteiger partial charge in [0.1, 0.15) is 11.4 Å². The third-order valence-electron chi connectivity index (χ3n) is 3.94. The lowest BCUT2D eigenvalue weighted by Gasteiger charge is -2.39. The van der Waals surface area contributed by atoms with E-state index in [4.69, 9.17) is 14.2 Å². The van der Waals surface area contributed by atoms with Crippen LogP contribution in [0.15, 0.2) is 48.5 Å². The van der Waals surface area contributed by atoms with E-state index in [9.17, 15) is 4.79 Å². The molecule has 1 aliphatic rings. The lowest BCUT2D eigenvalue weighted by molar-refractivity contribution is -0.203. The first-order valence-corrected chi connectivity index (χ1v) is 7.13. The van der Waals surface area contributed by atoms with Gasteiger partial charge in [0.25, 0.3) is 0 Å². The van der Waals surface area contributed by atoms with Crippen LogP contribution < -0.4 is 4.74 Å². The van der Waals surface area contributed by atoms with Crippen LogP contribution in [-0.2, 0) is 19.9 Å². The Morgan fingerprint density at radius 1 is 1.18 bits per heavy atom. The molecule has 0 bridgehead atoms. The molecule has 1 heterocycles. The summed E-state index contributed by atoms with van der Waals surface area (Å²) in [6, 6.07) is 15.6. The molecule has 22 heavy (non-hydrogen) atoms. The van der Waals surface area contributed by atoms with E-state index in [-0.39, 0.29) is 0 Å². The summed E-state index contributed by atoms with van der Waals surface area (Å²) in [5.41, 5.74) is 2.18. The Balaban J connectivity index is 2.15. The highest BCUT2D eigenvalue weighted by Gasteiger charge is 2.43. The summed E-state index contributed by atoms with van der Waals surface area (Å²) in [7, 11) is 1.32. The van der Waals surface area contributed by atoms with Gasteiger partial charge in [0.2, 0.25) is 0 Å². The minimum atomic E-state index is -1.08. The second kappa shape index (κ2) is 5.46. The maximum absolute atomic E-state index is 11.9. The minimum absolute atomic E-state index is 0.548. The number of hydrogen-bond acceptors (Lipinski definition) is 4. The Morgan fingerprint density at radius 2 is 1.91 bits per heavy atom. The molecular formula is C18H18O4. The van der Waals surface area contributed by atoms with Crippen LogP contribution in [0.2, 0.25) is 0 Å². The lowest BCUT2D eigenvalue weighted by atomic mass is 9.85. The Kier molecular flexibility index (Phi) is 3.62. The normalized spacial score (nSPS) is 23.3. The smallest absolute Gasteiger partial charge is 0.376 e. The van der Waals surface area contributed by atoms with Gasteiger partial charge in [-0.2, -0.15) is 0 Å². The first kappa shape index (κ1) is 14.6. The van der Waals surface area contributed by atoms with Crippen molar-refractivity contribution in [2.75, 3.05) is 7.11 Å². The van der Waals surface area contributed by atoms with E-state index in [1.807, 2.05) is 62.4 Å². The molecule has 4 heteroatoms. The molecule has 3 rings (SSSR count). The van der Waals surface area contributed by atoms with Gasteiger partial charge in [-0.05, 0) is 31.5 Å². The standard InChI is InChI=1S/C18H18O4/c1-12-9-10-15-14(11-12)18(2,13-7-5-4-6-8-13)22-17(21-15)16(19)20-3/h4-11,17H,1-3H3/t17-,18-/m0/s1. The number of benzene rings is 2. The van der Waals surface area contributed by atoms with E-state index in [0.717, 1.165) is 16.7 Å². The van der Waals surface area contributed by atoms with E-state index >= 15 is 0 Å². The van der Waals surface area contributed by atoms with Gasteiger partial charge in [0.15, 0.2) is 0 Å². The maximum Gasteiger partial charge on any atom is 0.376 e. The number of ether oxygens (including phenoxy) is 3. The predicted octanol–water partition coefficient (Wildman–Crippen LogP) is 3.17. The molecule has 0 radical (unpaired) electrons. The molecule has 2 aromatic rings. The van der Waals surface area contributed by atoms with Crippen LogP contribution in [0.25, 0.3) is 0 Å². The molecule has 0 saturated heterocycles. The maximum atomic E-state index is 11.9. The van der Waals surface area contributed by atoms with E-state index in [1.165, 1.54) is 7.11 Å². The van der Waals surface area contributed by atoms with Crippen molar-refractivity contribution in [1.82, 2.24) is 0 Å². The van der Waals surface area contributed by atoms with Gasteiger partial charge in [-0.3, -0.25) is 0 Å². The van der Waals surface area contributed by atoms with Gasteiger partial charge in [0.05, 0.1) is 7.11 Å². The zero-order chi connectivity index (χ0) is 15.7. The van der Waals surface area contributed by atoms with Crippen molar-refractivity contribution < 1.29 is 19.0 Å². The molecule has 0 saturated carbocycles. The van der Waals surface area contributed by atoms with Crippen LogP contribution in [0.3, 0.4) is 0 Å². The van der Waals surface area contributed by atoms with Crippen molar-refractivity contribution in [2.24, 2.45) is 0 Å². The van der Waals surface area contributed by atoms with Crippen molar-refractivity contribution in [1.29, 1.82) is 0 Å². The summed E-state index contributed by atoms with van der Waals surface area (Å²) < 4.78 is 16.4. The monoisotopic (exact) mass is 298 g/mol.